The molecule has 3 N–H and O–H groups in total. The second kappa shape index (κ2) is 13.8. The lowest BCUT2D eigenvalue weighted by atomic mass is 9.62. The zero-order valence-corrected chi connectivity index (χ0v) is 29.0. The Morgan fingerprint density at radius 1 is 0.959 bits per heavy atom. The van der Waals surface area contributed by atoms with E-state index in [-0.39, 0.29) is 24.3 Å². The van der Waals surface area contributed by atoms with Gasteiger partial charge >= 0.3 is 0 Å². The number of benzene rings is 3. The second-order valence-corrected chi connectivity index (χ2v) is 13.6. The summed E-state index contributed by atoms with van der Waals surface area (Å²) in [5, 5.41) is 16.9. The Kier molecular flexibility index (Phi) is 9.73. The number of carbonyl (C=O) groups is 3. The van der Waals surface area contributed by atoms with Gasteiger partial charge in [-0.05, 0) is 101 Å². The lowest BCUT2D eigenvalue weighted by molar-refractivity contribution is -0.147. The third kappa shape index (κ3) is 6.06. The monoisotopic (exact) mass is 668 g/mol. The molecule has 3 aliphatic heterocycles. The van der Waals surface area contributed by atoms with E-state index in [1.807, 2.05) is 75.4 Å². The number of fused-ring (bicyclic) bond motifs is 1. The molecule has 6 rings (SSSR count). The maximum absolute atomic E-state index is 14.8. The summed E-state index contributed by atoms with van der Waals surface area (Å²) in [6, 6.07) is 22.6. The third-order valence-corrected chi connectivity index (χ3v) is 10.9. The number of amides is 3. The molecule has 3 saturated heterocycles. The summed E-state index contributed by atoms with van der Waals surface area (Å²) < 4.78 is 12.5. The van der Waals surface area contributed by atoms with Gasteiger partial charge in [-0.1, -0.05) is 37.3 Å². The molecule has 3 unspecified atom stereocenters. The molecule has 3 heterocycles. The maximum Gasteiger partial charge on any atom is 0.250 e. The number of aliphatic hydroxyl groups excluding tert-OH is 1. The molecule has 0 saturated carbocycles. The van der Waals surface area contributed by atoms with Gasteiger partial charge in [-0.15, -0.1) is 0 Å². The highest BCUT2D eigenvalue weighted by Gasteiger charge is 2.80. The fraction of sp³-hybridized carbons (Fsp3) is 0.462. The van der Waals surface area contributed by atoms with Crippen molar-refractivity contribution in [1.82, 2.24) is 4.90 Å². The van der Waals surface area contributed by atoms with Crippen LogP contribution in [-0.4, -0.2) is 77.3 Å². The summed E-state index contributed by atoms with van der Waals surface area (Å²) in [4.78, 5) is 47.4. The normalized spacial score (nSPS) is 27.5. The average molecular weight is 669 g/mol. The molecule has 3 aromatic rings. The van der Waals surface area contributed by atoms with Crippen molar-refractivity contribution in [1.29, 1.82) is 0 Å². The number of ether oxygens (including phenoxy) is 2. The number of nitrogens with zero attached hydrogens (tertiary/aromatic N) is 2. The molecule has 0 aromatic heterocycles. The average Bonchev–Trinajstić information content (AvgIpc) is 3.62. The Labute approximate surface area is 288 Å². The topological polar surface area (TPSA) is 120 Å². The van der Waals surface area contributed by atoms with E-state index in [0.717, 1.165) is 24.3 Å². The second-order valence-electron chi connectivity index (χ2n) is 13.6. The number of anilines is 3. The molecule has 3 aliphatic rings. The first kappa shape index (κ1) is 34.5. The summed E-state index contributed by atoms with van der Waals surface area (Å²) in [6.07, 6.45) is 0.760. The predicted molar refractivity (Wildman–Crippen MR) is 190 cm³/mol. The lowest BCUT2D eigenvalue weighted by Crippen LogP contribution is -2.57. The van der Waals surface area contributed by atoms with Crippen LogP contribution in [0.5, 0.6) is 5.75 Å². The van der Waals surface area contributed by atoms with Gasteiger partial charge in [0.2, 0.25) is 17.7 Å². The minimum atomic E-state index is -1.26. The SMILES string of the molecule is CCOc1ccc(NC(=O)[C@H]2[C@H]3C(=O)N([C@@H](CO)Cc4ccccc4)C(C(=O)Nc4ccc(N(CC)CC)cc4)C34CC(C)[C@]2(C)O4)cc1. The molecular weight excluding hydrogens is 620 g/mol. The standard InChI is InChI=1S/C39H48N4O6/c1-6-42(7-2)29-18-14-27(15-19-29)41-36(46)34-39-23-25(4)38(5,49-39)32(35(45)40-28-16-20-31(21-17-28)48-8-3)33(39)37(47)43(34)30(24-44)22-26-12-10-9-11-13-26/h9-21,25,30,32-34,44H,6-8,22-24H2,1-5H3,(H,40,45)(H,41,46)/t25?,30-,32-,33+,34?,38+,39?/m1/s1. The van der Waals surface area contributed by atoms with Crippen molar-refractivity contribution < 1.29 is 29.0 Å². The van der Waals surface area contributed by atoms with Gasteiger partial charge in [0, 0.05) is 30.2 Å². The molecule has 260 valence electrons. The zero-order valence-electron chi connectivity index (χ0n) is 29.0. The van der Waals surface area contributed by atoms with Crippen LogP contribution in [0.1, 0.15) is 46.6 Å². The van der Waals surface area contributed by atoms with Crippen LogP contribution in [0.15, 0.2) is 78.9 Å². The van der Waals surface area contributed by atoms with E-state index in [4.69, 9.17) is 9.47 Å². The number of aliphatic hydroxyl groups is 1. The van der Waals surface area contributed by atoms with E-state index in [9.17, 15) is 19.5 Å². The minimum absolute atomic E-state index is 0.127. The first-order valence-corrected chi connectivity index (χ1v) is 17.5. The van der Waals surface area contributed by atoms with Crippen LogP contribution in [0.2, 0.25) is 0 Å². The maximum atomic E-state index is 14.8. The molecule has 3 aromatic carbocycles. The summed E-state index contributed by atoms with van der Waals surface area (Å²) in [5.74, 6) is -2.30. The fourth-order valence-electron chi connectivity index (χ4n) is 8.48. The smallest absolute Gasteiger partial charge is 0.250 e. The Balaban J connectivity index is 1.36. The van der Waals surface area contributed by atoms with E-state index in [1.165, 1.54) is 4.90 Å². The number of carbonyl (C=O) groups excluding carboxylic acids is 3. The number of rotatable bonds is 13. The summed E-state index contributed by atoms with van der Waals surface area (Å²) in [5.41, 5.74) is 0.882. The van der Waals surface area contributed by atoms with E-state index in [1.54, 1.807) is 24.3 Å². The Morgan fingerprint density at radius 3 is 2.16 bits per heavy atom. The Morgan fingerprint density at radius 2 is 1.57 bits per heavy atom. The van der Waals surface area contributed by atoms with Gasteiger partial charge in [0.25, 0.3) is 0 Å². The highest BCUT2D eigenvalue weighted by molar-refractivity contribution is 6.05. The summed E-state index contributed by atoms with van der Waals surface area (Å²) in [7, 11) is 0. The number of hydrogen-bond acceptors (Lipinski definition) is 7. The Hall–Kier alpha value is -4.41. The van der Waals surface area contributed by atoms with Crippen molar-refractivity contribution in [3.8, 4) is 5.75 Å². The van der Waals surface area contributed by atoms with Crippen molar-refractivity contribution in [2.45, 2.75) is 70.7 Å². The van der Waals surface area contributed by atoms with Crippen LogP contribution in [0.4, 0.5) is 17.1 Å². The first-order valence-electron chi connectivity index (χ1n) is 17.5. The molecule has 3 fully saturated rings. The van der Waals surface area contributed by atoms with Crippen molar-refractivity contribution in [3.05, 3.63) is 84.4 Å². The van der Waals surface area contributed by atoms with Crippen LogP contribution in [-0.2, 0) is 25.5 Å². The molecule has 1 spiro atoms. The van der Waals surface area contributed by atoms with E-state index in [0.29, 0.717) is 36.6 Å². The Bertz CT molecular complexity index is 1650. The zero-order chi connectivity index (χ0) is 34.9. The van der Waals surface area contributed by atoms with Crippen LogP contribution in [0, 0.1) is 17.8 Å². The van der Waals surface area contributed by atoms with E-state index < -0.39 is 41.0 Å². The van der Waals surface area contributed by atoms with Gasteiger partial charge in [0.15, 0.2) is 0 Å². The lowest BCUT2D eigenvalue weighted by Gasteiger charge is -2.37. The molecule has 3 amide bonds. The quantitative estimate of drug-likeness (QED) is 0.231. The molecule has 10 nitrogen and oxygen atoms in total. The summed E-state index contributed by atoms with van der Waals surface area (Å²) >= 11 is 0. The number of nitrogens with one attached hydrogen (secondary N) is 2. The van der Waals surface area contributed by atoms with Crippen molar-refractivity contribution in [2.24, 2.45) is 17.8 Å². The molecule has 49 heavy (non-hydrogen) atoms. The van der Waals surface area contributed by atoms with Crippen LogP contribution in [0.3, 0.4) is 0 Å². The largest absolute Gasteiger partial charge is 0.494 e. The summed E-state index contributed by atoms with van der Waals surface area (Å²) in [6.45, 7) is 11.9. The highest BCUT2D eigenvalue weighted by Crippen LogP contribution is 2.65. The molecule has 10 heteroatoms. The van der Waals surface area contributed by atoms with Crippen LogP contribution >= 0.6 is 0 Å². The highest BCUT2D eigenvalue weighted by atomic mass is 16.5. The van der Waals surface area contributed by atoms with Gasteiger partial charge < -0.3 is 35.0 Å². The van der Waals surface area contributed by atoms with Crippen molar-refractivity contribution in [3.63, 3.8) is 0 Å². The number of hydrogen-bond donors (Lipinski definition) is 3. The van der Waals surface area contributed by atoms with Crippen LogP contribution < -0.4 is 20.3 Å². The van der Waals surface area contributed by atoms with Crippen molar-refractivity contribution in [2.75, 3.05) is 41.8 Å². The first-order chi connectivity index (χ1) is 23.6. The van der Waals surface area contributed by atoms with Gasteiger partial charge in [-0.25, -0.2) is 0 Å². The van der Waals surface area contributed by atoms with E-state index in [2.05, 4.69) is 29.4 Å². The predicted octanol–water partition coefficient (Wildman–Crippen LogP) is 5.12. The third-order valence-electron chi connectivity index (χ3n) is 10.9. The van der Waals surface area contributed by atoms with Crippen molar-refractivity contribution >= 4 is 34.8 Å². The molecule has 7 atom stereocenters. The van der Waals surface area contributed by atoms with Gasteiger partial charge in [0.05, 0.1) is 36.7 Å². The molecular formula is C39H48N4O6. The molecule has 0 aliphatic carbocycles. The van der Waals surface area contributed by atoms with Gasteiger partial charge in [-0.2, -0.15) is 0 Å². The minimum Gasteiger partial charge on any atom is -0.494 e. The van der Waals surface area contributed by atoms with Gasteiger partial charge in [0.1, 0.15) is 17.4 Å². The molecule has 2 bridgehead atoms. The van der Waals surface area contributed by atoms with E-state index >= 15 is 0 Å². The number of likely N-dealkylation sites (tertiary alicyclic amines) is 1. The van der Waals surface area contributed by atoms with Gasteiger partial charge in [-0.3, -0.25) is 14.4 Å². The van der Waals surface area contributed by atoms with Crippen LogP contribution in [0.25, 0.3) is 0 Å². The fourth-order valence-corrected chi connectivity index (χ4v) is 8.48. The molecule has 0 radical (unpaired) electrons.